The Morgan fingerprint density at radius 2 is 1.79 bits per heavy atom. The van der Waals surface area contributed by atoms with Crippen molar-refractivity contribution in [1.82, 2.24) is 10.4 Å². The number of carboxylic acids is 1. The third-order valence-electron chi connectivity index (χ3n) is 2.66. The number of morpholine rings is 1. The summed E-state index contributed by atoms with van der Waals surface area (Å²) in [7, 11) is 0. The standard InChI is InChI=1S/C12H15N3O4/c16-11(17)9-1-3-10(4-2-9)13-12(18)14-15-5-7-19-8-6-15/h1-4H,5-8H2,(H,16,17)(H2,13,14,18). The highest BCUT2D eigenvalue weighted by atomic mass is 16.5. The summed E-state index contributed by atoms with van der Waals surface area (Å²) >= 11 is 0. The first-order valence-electron chi connectivity index (χ1n) is 5.89. The second-order valence-corrected chi connectivity index (χ2v) is 4.05. The minimum atomic E-state index is -0.996. The van der Waals surface area contributed by atoms with E-state index in [1.54, 1.807) is 17.1 Å². The molecule has 0 aliphatic carbocycles. The molecule has 102 valence electrons. The van der Waals surface area contributed by atoms with Crippen molar-refractivity contribution in [1.29, 1.82) is 0 Å². The molecule has 0 spiro atoms. The number of carbonyl (C=O) groups excluding carboxylic acids is 1. The van der Waals surface area contributed by atoms with Crippen LogP contribution >= 0.6 is 0 Å². The van der Waals surface area contributed by atoms with E-state index in [0.717, 1.165) is 0 Å². The van der Waals surface area contributed by atoms with E-state index >= 15 is 0 Å². The summed E-state index contributed by atoms with van der Waals surface area (Å²) in [5, 5.41) is 13.2. The number of ether oxygens (including phenoxy) is 1. The fraction of sp³-hybridized carbons (Fsp3) is 0.333. The number of nitrogens with zero attached hydrogens (tertiary/aromatic N) is 1. The highest BCUT2D eigenvalue weighted by Gasteiger charge is 2.12. The summed E-state index contributed by atoms with van der Waals surface area (Å²) in [4.78, 5) is 22.4. The number of carboxylic acid groups (broad SMARTS) is 1. The van der Waals surface area contributed by atoms with Gasteiger partial charge >= 0.3 is 12.0 Å². The van der Waals surface area contributed by atoms with Crippen molar-refractivity contribution in [3.05, 3.63) is 29.8 Å². The number of rotatable bonds is 3. The molecule has 0 bridgehead atoms. The average Bonchev–Trinajstić information content (AvgIpc) is 2.40. The van der Waals surface area contributed by atoms with Crippen LogP contribution in [0.25, 0.3) is 0 Å². The van der Waals surface area contributed by atoms with Crippen LogP contribution in [0.15, 0.2) is 24.3 Å². The van der Waals surface area contributed by atoms with Crippen molar-refractivity contribution in [2.45, 2.75) is 0 Å². The van der Waals surface area contributed by atoms with E-state index in [9.17, 15) is 9.59 Å². The van der Waals surface area contributed by atoms with Gasteiger partial charge in [0.05, 0.1) is 18.8 Å². The maximum atomic E-state index is 11.7. The summed E-state index contributed by atoms with van der Waals surface area (Å²) in [6, 6.07) is 5.61. The first-order valence-corrected chi connectivity index (χ1v) is 5.89. The van der Waals surface area contributed by atoms with Crippen LogP contribution in [0.1, 0.15) is 10.4 Å². The van der Waals surface area contributed by atoms with Crippen LogP contribution < -0.4 is 10.7 Å². The highest BCUT2D eigenvalue weighted by molar-refractivity contribution is 5.91. The first kappa shape index (κ1) is 13.3. The van der Waals surface area contributed by atoms with Gasteiger partial charge in [-0.1, -0.05) is 0 Å². The number of hydrogen-bond acceptors (Lipinski definition) is 4. The predicted octanol–water partition coefficient (Wildman–Crippen LogP) is 0.753. The zero-order chi connectivity index (χ0) is 13.7. The van der Waals surface area contributed by atoms with Crippen LogP contribution in [-0.2, 0) is 4.74 Å². The molecule has 0 atom stereocenters. The molecule has 0 unspecified atom stereocenters. The van der Waals surface area contributed by atoms with E-state index in [1.807, 2.05) is 0 Å². The third kappa shape index (κ3) is 3.94. The molecule has 1 aromatic rings. The van der Waals surface area contributed by atoms with E-state index in [1.165, 1.54) is 12.1 Å². The number of anilines is 1. The van der Waals surface area contributed by atoms with E-state index in [0.29, 0.717) is 32.0 Å². The number of aromatic carboxylic acids is 1. The van der Waals surface area contributed by atoms with E-state index in [2.05, 4.69) is 10.7 Å². The van der Waals surface area contributed by atoms with Crippen LogP contribution in [0.2, 0.25) is 0 Å². The van der Waals surface area contributed by atoms with Crippen LogP contribution in [0, 0.1) is 0 Å². The largest absolute Gasteiger partial charge is 0.478 e. The Kier molecular flexibility index (Phi) is 4.32. The Morgan fingerprint density at radius 3 is 2.37 bits per heavy atom. The quantitative estimate of drug-likeness (QED) is 0.750. The highest BCUT2D eigenvalue weighted by Crippen LogP contribution is 2.09. The van der Waals surface area contributed by atoms with Crippen LogP contribution in [-0.4, -0.2) is 48.4 Å². The van der Waals surface area contributed by atoms with Gasteiger partial charge in [-0.15, -0.1) is 0 Å². The van der Waals surface area contributed by atoms with Gasteiger partial charge < -0.3 is 15.2 Å². The van der Waals surface area contributed by atoms with Crippen molar-refractivity contribution in [3.8, 4) is 0 Å². The maximum Gasteiger partial charge on any atom is 0.335 e. The van der Waals surface area contributed by atoms with Crippen molar-refractivity contribution >= 4 is 17.7 Å². The minimum absolute atomic E-state index is 0.180. The number of nitrogens with one attached hydrogen (secondary N) is 2. The number of urea groups is 1. The van der Waals surface area contributed by atoms with Gasteiger partial charge in [0, 0.05) is 18.8 Å². The van der Waals surface area contributed by atoms with E-state index < -0.39 is 5.97 Å². The second-order valence-electron chi connectivity index (χ2n) is 4.05. The van der Waals surface area contributed by atoms with Gasteiger partial charge in [-0.25, -0.2) is 14.6 Å². The van der Waals surface area contributed by atoms with E-state index in [-0.39, 0.29) is 11.6 Å². The molecule has 0 aromatic heterocycles. The molecular weight excluding hydrogens is 250 g/mol. The Morgan fingerprint density at radius 1 is 1.16 bits per heavy atom. The molecule has 2 rings (SSSR count). The van der Waals surface area contributed by atoms with E-state index in [4.69, 9.17) is 9.84 Å². The van der Waals surface area contributed by atoms with Gasteiger partial charge in [-0.3, -0.25) is 5.43 Å². The van der Waals surface area contributed by atoms with Crippen molar-refractivity contribution in [2.24, 2.45) is 0 Å². The molecule has 0 radical (unpaired) electrons. The molecule has 1 aliphatic rings. The summed E-state index contributed by atoms with van der Waals surface area (Å²) in [6.45, 7) is 2.47. The monoisotopic (exact) mass is 265 g/mol. The van der Waals surface area contributed by atoms with Gasteiger partial charge in [-0.05, 0) is 24.3 Å². The summed E-state index contributed by atoms with van der Waals surface area (Å²) in [6.07, 6.45) is 0. The van der Waals surface area contributed by atoms with Gasteiger partial charge in [0.25, 0.3) is 0 Å². The molecule has 7 heteroatoms. The number of hydrogen-bond donors (Lipinski definition) is 3. The number of hydrazine groups is 1. The summed E-state index contributed by atoms with van der Waals surface area (Å²) in [5.41, 5.74) is 3.41. The van der Waals surface area contributed by atoms with Crippen LogP contribution in [0.3, 0.4) is 0 Å². The van der Waals surface area contributed by atoms with Gasteiger partial charge in [0.2, 0.25) is 0 Å². The topological polar surface area (TPSA) is 90.9 Å². The lowest BCUT2D eigenvalue weighted by molar-refractivity contribution is 0.0207. The SMILES string of the molecule is O=C(Nc1ccc(C(=O)O)cc1)NN1CCOCC1. The molecule has 1 heterocycles. The Bertz CT molecular complexity index is 455. The lowest BCUT2D eigenvalue weighted by Gasteiger charge is -2.26. The molecule has 1 aromatic carbocycles. The summed E-state index contributed by atoms with van der Waals surface area (Å²) in [5.74, 6) is -0.996. The normalized spacial score (nSPS) is 15.8. The van der Waals surface area contributed by atoms with Crippen LogP contribution in [0.4, 0.5) is 10.5 Å². The Balaban J connectivity index is 1.85. The predicted molar refractivity (Wildman–Crippen MR) is 67.9 cm³/mol. The van der Waals surface area contributed by atoms with Gasteiger partial charge in [0.1, 0.15) is 0 Å². The summed E-state index contributed by atoms with van der Waals surface area (Å²) < 4.78 is 5.17. The molecule has 1 fully saturated rings. The van der Waals surface area contributed by atoms with Crippen molar-refractivity contribution < 1.29 is 19.4 Å². The zero-order valence-electron chi connectivity index (χ0n) is 10.3. The lowest BCUT2D eigenvalue weighted by Crippen LogP contribution is -2.49. The average molecular weight is 265 g/mol. The molecule has 1 saturated heterocycles. The number of benzene rings is 1. The fourth-order valence-electron chi connectivity index (χ4n) is 1.67. The van der Waals surface area contributed by atoms with Gasteiger partial charge in [0.15, 0.2) is 0 Å². The first-order chi connectivity index (χ1) is 9.15. The minimum Gasteiger partial charge on any atom is -0.478 e. The Labute approximate surface area is 110 Å². The molecular formula is C12H15N3O4. The molecule has 19 heavy (non-hydrogen) atoms. The lowest BCUT2D eigenvalue weighted by atomic mass is 10.2. The molecule has 3 N–H and O–H groups in total. The van der Waals surface area contributed by atoms with Crippen molar-refractivity contribution in [2.75, 3.05) is 31.6 Å². The second kappa shape index (κ2) is 6.17. The smallest absolute Gasteiger partial charge is 0.335 e. The molecule has 1 aliphatic heterocycles. The third-order valence-corrected chi connectivity index (χ3v) is 2.66. The fourth-order valence-corrected chi connectivity index (χ4v) is 1.67. The molecule has 0 saturated carbocycles. The van der Waals surface area contributed by atoms with Crippen molar-refractivity contribution in [3.63, 3.8) is 0 Å². The van der Waals surface area contributed by atoms with Crippen LogP contribution in [0.5, 0.6) is 0 Å². The van der Waals surface area contributed by atoms with Gasteiger partial charge in [-0.2, -0.15) is 0 Å². The number of carbonyl (C=O) groups is 2. The Hall–Kier alpha value is -2.12. The molecule has 7 nitrogen and oxygen atoms in total. The molecule has 2 amide bonds. The maximum absolute atomic E-state index is 11.7. The zero-order valence-corrected chi connectivity index (χ0v) is 10.3. The number of amides is 2.